The van der Waals surface area contributed by atoms with Crippen LogP contribution in [-0.2, 0) is 0 Å². The van der Waals surface area contributed by atoms with E-state index in [0.29, 0.717) is 27.2 Å². The first-order chi connectivity index (χ1) is 10.1. The molecule has 2 heterocycles. The van der Waals surface area contributed by atoms with Crippen molar-refractivity contribution in [3.8, 4) is 11.3 Å². The van der Waals surface area contributed by atoms with Gasteiger partial charge >= 0.3 is 0 Å². The molecule has 0 atom stereocenters. The predicted octanol–water partition coefficient (Wildman–Crippen LogP) is 4.64. The monoisotopic (exact) mass is 316 g/mol. The first kappa shape index (κ1) is 14.0. The van der Waals surface area contributed by atoms with Crippen molar-refractivity contribution < 1.29 is 4.79 Å². The lowest BCUT2D eigenvalue weighted by molar-refractivity contribution is 0.108. The Morgan fingerprint density at radius 1 is 1.24 bits per heavy atom. The van der Waals surface area contributed by atoms with Crippen LogP contribution in [0.25, 0.3) is 22.2 Å². The van der Waals surface area contributed by atoms with Crippen LogP contribution in [0.4, 0.5) is 0 Å². The third kappa shape index (κ3) is 2.50. The SMILES string of the molecule is Cc1c(Cl)ccc2c(C(=O)Cl)cc(-c3cccnc3)nc12. The van der Waals surface area contributed by atoms with E-state index in [0.717, 1.165) is 11.1 Å². The molecule has 1 aromatic carbocycles. The summed E-state index contributed by atoms with van der Waals surface area (Å²) in [7, 11) is 0. The molecule has 0 fully saturated rings. The number of fused-ring (bicyclic) bond motifs is 1. The lowest BCUT2D eigenvalue weighted by Crippen LogP contribution is -1.97. The minimum atomic E-state index is -0.519. The van der Waals surface area contributed by atoms with E-state index in [1.807, 2.05) is 19.1 Å². The highest BCUT2D eigenvalue weighted by Gasteiger charge is 2.14. The zero-order chi connectivity index (χ0) is 15.0. The Morgan fingerprint density at radius 3 is 2.71 bits per heavy atom. The molecular formula is C16H10Cl2N2O. The maximum atomic E-state index is 11.7. The fourth-order valence-corrected chi connectivity index (χ4v) is 2.54. The van der Waals surface area contributed by atoms with Crippen LogP contribution in [0, 0.1) is 6.92 Å². The molecule has 3 rings (SSSR count). The number of halogens is 2. The van der Waals surface area contributed by atoms with Crippen LogP contribution >= 0.6 is 23.2 Å². The fourth-order valence-electron chi connectivity index (χ4n) is 2.23. The molecule has 0 unspecified atom stereocenters. The van der Waals surface area contributed by atoms with Gasteiger partial charge in [0, 0.05) is 33.9 Å². The van der Waals surface area contributed by atoms with Crippen molar-refractivity contribution in [2.24, 2.45) is 0 Å². The molecule has 0 saturated heterocycles. The second-order valence-corrected chi connectivity index (χ2v) is 5.39. The molecule has 0 spiro atoms. The van der Waals surface area contributed by atoms with Crippen molar-refractivity contribution in [1.29, 1.82) is 0 Å². The number of aromatic nitrogens is 2. The van der Waals surface area contributed by atoms with Gasteiger partial charge in [-0.15, -0.1) is 0 Å². The van der Waals surface area contributed by atoms with Crippen LogP contribution in [0.2, 0.25) is 5.02 Å². The number of pyridine rings is 2. The van der Waals surface area contributed by atoms with E-state index < -0.39 is 5.24 Å². The Bertz CT molecular complexity index is 848. The molecule has 104 valence electrons. The third-order valence-electron chi connectivity index (χ3n) is 3.34. The molecule has 21 heavy (non-hydrogen) atoms. The van der Waals surface area contributed by atoms with Gasteiger partial charge in [-0.2, -0.15) is 0 Å². The van der Waals surface area contributed by atoms with E-state index in [4.69, 9.17) is 23.2 Å². The number of carbonyl (C=O) groups is 1. The predicted molar refractivity (Wildman–Crippen MR) is 84.9 cm³/mol. The normalized spacial score (nSPS) is 10.8. The van der Waals surface area contributed by atoms with E-state index in [1.54, 1.807) is 30.6 Å². The number of aryl methyl sites for hydroxylation is 1. The van der Waals surface area contributed by atoms with Crippen LogP contribution < -0.4 is 0 Å². The summed E-state index contributed by atoms with van der Waals surface area (Å²) in [6, 6.07) is 8.88. The molecule has 0 bridgehead atoms. The minimum absolute atomic E-state index is 0.417. The summed E-state index contributed by atoms with van der Waals surface area (Å²) in [5.41, 5.74) is 3.37. The fraction of sp³-hybridized carbons (Fsp3) is 0.0625. The van der Waals surface area contributed by atoms with Gasteiger partial charge in [0.1, 0.15) is 0 Å². The molecule has 0 aliphatic rings. The summed E-state index contributed by atoms with van der Waals surface area (Å²) in [6.07, 6.45) is 3.37. The standard InChI is InChI=1S/C16H10Cl2N2O/c1-9-13(17)5-4-11-12(16(18)21)7-14(20-15(9)11)10-3-2-6-19-8-10/h2-8H,1H3. The smallest absolute Gasteiger partial charge is 0.253 e. The second-order valence-electron chi connectivity index (χ2n) is 4.64. The quantitative estimate of drug-likeness (QED) is 0.647. The number of rotatable bonds is 2. The molecule has 2 aromatic heterocycles. The molecule has 3 aromatic rings. The highest BCUT2D eigenvalue weighted by Crippen LogP contribution is 2.30. The van der Waals surface area contributed by atoms with Gasteiger partial charge in [0.15, 0.2) is 0 Å². The van der Waals surface area contributed by atoms with E-state index >= 15 is 0 Å². The third-order valence-corrected chi connectivity index (χ3v) is 3.95. The number of benzene rings is 1. The maximum absolute atomic E-state index is 11.7. The number of nitrogens with zero attached hydrogens (tertiary/aromatic N) is 2. The Morgan fingerprint density at radius 2 is 2.05 bits per heavy atom. The van der Waals surface area contributed by atoms with Crippen molar-refractivity contribution in [2.75, 3.05) is 0 Å². The van der Waals surface area contributed by atoms with E-state index in [1.165, 1.54) is 0 Å². The van der Waals surface area contributed by atoms with Gasteiger partial charge in [-0.1, -0.05) is 17.7 Å². The van der Waals surface area contributed by atoms with Crippen molar-refractivity contribution in [1.82, 2.24) is 9.97 Å². The molecule has 0 saturated carbocycles. The summed E-state index contributed by atoms with van der Waals surface area (Å²) >= 11 is 11.9. The highest BCUT2D eigenvalue weighted by molar-refractivity contribution is 6.68. The first-order valence-electron chi connectivity index (χ1n) is 6.28. The molecule has 3 nitrogen and oxygen atoms in total. The maximum Gasteiger partial charge on any atom is 0.253 e. The van der Waals surface area contributed by atoms with Crippen molar-refractivity contribution in [3.63, 3.8) is 0 Å². The topological polar surface area (TPSA) is 42.9 Å². The lowest BCUT2D eigenvalue weighted by Gasteiger charge is -2.10. The Balaban J connectivity index is 2.39. The Labute approximate surface area is 131 Å². The zero-order valence-electron chi connectivity index (χ0n) is 11.1. The largest absolute Gasteiger partial charge is 0.276 e. The summed E-state index contributed by atoms with van der Waals surface area (Å²) in [6.45, 7) is 1.87. The Hall–Kier alpha value is -1.97. The minimum Gasteiger partial charge on any atom is -0.276 e. The van der Waals surface area contributed by atoms with Gasteiger partial charge < -0.3 is 0 Å². The van der Waals surface area contributed by atoms with Gasteiger partial charge in [-0.25, -0.2) is 4.98 Å². The molecule has 0 amide bonds. The Kier molecular flexibility index (Phi) is 3.62. The zero-order valence-corrected chi connectivity index (χ0v) is 12.6. The molecule has 0 aliphatic heterocycles. The molecule has 0 radical (unpaired) electrons. The average molecular weight is 317 g/mol. The van der Waals surface area contributed by atoms with Crippen LogP contribution in [0.5, 0.6) is 0 Å². The van der Waals surface area contributed by atoms with Crippen LogP contribution in [0.15, 0.2) is 42.7 Å². The van der Waals surface area contributed by atoms with Crippen molar-refractivity contribution in [2.45, 2.75) is 6.92 Å². The average Bonchev–Trinajstić information content (AvgIpc) is 2.51. The molecule has 5 heteroatoms. The van der Waals surface area contributed by atoms with E-state index in [-0.39, 0.29) is 0 Å². The van der Waals surface area contributed by atoms with Crippen molar-refractivity contribution >= 4 is 39.3 Å². The molecule has 0 N–H and O–H groups in total. The molecule has 0 aliphatic carbocycles. The number of carbonyl (C=O) groups excluding carboxylic acids is 1. The van der Waals surface area contributed by atoms with Gasteiger partial charge in [-0.3, -0.25) is 9.78 Å². The summed E-state index contributed by atoms with van der Waals surface area (Å²) in [5, 5.41) is 0.783. The van der Waals surface area contributed by atoms with Gasteiger partial charge in [0.25, 0.3) is 5.24 Å². The highest BCUT2D eigenvalue weighted by atomic mass is 35.5. The van der Waals surface area contributed by atoms with Crippen LogP contribution in [0.3, 0.4) is 0 Å². The van der Waals surface area contributed by atoms with Gasteiger partial charge in [0.2, 0.25) is 0 Å². The first-order valence-corrected chi connectivity index (χ1v) is 7.03. The summed E-state index contributed by atoms with van der Waals surface area (Å²) < 4.78 is 0. The van der Waals surface area contributed by atoms with Crippen molar-refractivity contribution in [3.05, 3.63) is 58.9 Å². The summed E-state index contributed by atoms with van der Waals surface area (Å²) in [5.74, 6) is 0. The lowest BCUT2D eigenvalue weighted by atomic mass is 10.0. The number of hydrogen-bond donors (Lipinski definition) is 0. The van der Waals surface area contributed by atoms with Crippen LogP contribution in [-0.4, -0.2) is 15.2 Å². The summed E-state index contributed by atoms with van der Waals surface area (Å²) in [4.78, 5) is 20.4. The second kappa shape index (κ2) is 5.43. The van der Waals surface area contributed by atoms with Gasteiger partial charge in [0.05, 0.1) is 11.2 Å². The van der Waals surface area contributed by atoms with E-state index in [2.05, 4.69) is 9.97 Å². The number of hydrogen-bond acceptors (Lipinski definition) is 3. The van der Waals surface area contributed by atoms with Crippen LogP contribution in [0.1, 0.15) is 15.9 Å². The van der Waals surface area contributed by atoms with E-state index in [9.17, 15) is 4.79 Å². The van der Waals surface area contributed by atoms with Gasteiger partial charge in [-0.05, 0) is 48.4 Å². The molecular weight excluding hydrogens is 307 g/mol.